The molecule has 0 aromatic carbocycles. The lowest BCUT2D eigenvalue weighted by Gasteiger charge is -2.17. The van der Waals surface area contributed by atoms with E-state index in [9.17, 15) is 8.42 Å². The average molecular weight is 302 g/mol. The van der Waals surface area contributed by atoms with E-state index >= 15 is 0 Å². The maximum atomic E-state index is 12.0. The smallest absolute Gasteiger partial charge is 0.303 e. The molecular weight excluding hydrogens is 280 g/mol. The lowest BCUT2D eigenvalue weighted by molar-refractivity contribution is 0.468. The van der Waals surface area contributed by atoms with Crippen LogP contribution < -0.4 is 10.5 Å². The average Bonchev–Trinajstić information content (AvgIpc) is 2.43. The number of nitrogens with one attached hydrogen (secondary N) is 1. The molecule has 114 valence electrons. The van der Waals surface area contributed by atoms with E-state index in [0.717, 1.165) is 11.4 Å². The minimum Gasteiger partial charge on any atom is -0.330 e. The predicted molar refractivity (Wildman–Crippen MR) is 77.4 cm³/mol. The Kier molecular flexibility index (Phi) is 6.24. The van der Waals surface area contributed by atoms with Crippen molar-refractivity contribution in [1.82, 2.24) is 19.5 Å². The molecule has 0 saturated heterocycles. The van der Waals surface area contributed by atoms with Crippen LogP contribution in [-0.4, -0.2) is 48.0 Å². The van der Waals surface area contributed by atoms with E-state index in [2.05, 4.69) is 19.9 Å². The van der Waals surface area contributed by atoms with Gasteiger partial charge in [-0.3, -0.25) is 0 Å². The second-order valence-corrected chi connectivity index (χ2v) is 6.08. The summed E-state index contributed by atoms with van der Waals surface area (Å²) in [6, 6.07) is 0. The molecule has 0 fully saturated rings. The van der Waals surface area contributed by atoms with Gasteiger partial charge in [0.05, 0.1) is 11.4 Å². The first-order chi connectivity index (χ1) is 9.44. The van der Waals surface area contributed by atoms with Crippen LogP contribution in [0, 0.1) is 0 Å². The first kappa shape index (κ1) is 16.7. The largest absolute Gasteiger partial charge is 0.330 e. The summed E-state index contributed by atoms with van der Waals surface area (Å²) >= 11 is 0. The Hall–Kier alpha value is -1.32. The lowest BCUT2D eigenvalue weighted by Crippen LogP contribution is -2.34. The van der Waals surface area contributed by atoms with Crippen LogP contribution in [0.3, 0.4) is 0 Å². The summed E-state index contributed by atoms with van der Waals surface area (Å²) in [4.78, 5) is 4.19. The van der Waals surface area contributed by atoms with Crippen molar-refractivity contribution in [3.8, 4) is 0 Å². The predicted octanol–water partition coefficient (Wildman–Crippen LogP) is -0.0663. The molecule has 0 spiro atoms. The third kappa shape index (κ3) is 4.36. The SMILES string of the molecule is CCc1nnc(NS(=O)(=O)N(C)CCCN)nc1CC. The van der Waals surface area contributed by atoms with E-state index in [4.69, 9.17) is 5.73 Å². The molecule has 8 nitrogen and oxygen atoms in total. The fraction of sp³-hybridized carbons (Fsp3) is 0.727. The molecule has 0 unspecified atom stereocenters. The van der Waals surface area contributed by atoms with Crippen molar-refractivity contribution >= 4 is 16.2 Å². The summed E-state index contributed by atoms with van der Waals surface area (Å²) in [5, 5.41) is 7.80. The molecule has 20 heavy (non-hydrogen) atoms. The van der Waals surface area contributed by atoms with Gasteiger partial charge in [0.1, 0.15) is 0 Å². The Labute approximate surface area is 120 Å². The molecule has 0 bridgehead atoms. The van der Waals surface area contributed by atoms with Gasteiger partial charge in [0.15, 0.2) is 0 Å². The van der Waals surface area contributed by atoms with Gasteiger partial charge in [-0.15, -0.1) is 10.2 Å². The van der Waals surface area contributed by atoms with Gasteiger partial charge < -0.3 is 5.73 Å². The molecule has 0 atom stereocenters. The third-order valence-electron chi connectivity index (χ3n) is 2.82. The Morgan fingerprint density at radius 1 is 1.20 bits per heavy atom. The molecular formula is C11H22N6O2S. The van der Waals surface area contributed by atoms with Gasteiger partial charge in [-0.05, 0) is 25.8 Å². The van der Waals surface area contributed by atoms with Crippen LogP contribution in [0.4, 0.5) is 5.95 Å². The first-order valence-corrected chi connectivity index (χ1v) is 8.05. The molecule has 9 heteroatoms. The second-order valence-electron chi connectivity index (χ2n) is 4.31. The summed E-state index contributed by atoms with van der Waals surface area (Å²) in [6.45, 7) is 4.67. The molecule has 0 aliphatic carbocycles. The highest BCUT2D eigenvalue weighted by atomic mass is 32.2. The minimum atomic E-state index is -3.67. The fourth-order valence-electron chi connectivity index (χ4n) is 1.61. The van der Waals surface area contributed by atoms with Gasteiger partial charge >= 0.3 is 10.2 Å². The Balaban J connectivity index is 2.87. The first-order valence-electron chi connectivity index (χ1n) is 6.61. The molecule has 0 aliphatic rings. The highest BCUT2D eigenvalue weighted by Gasteiger charge is 2.19. The van der Waals surface area contributed by atoms with Crippen LogP contribution in [0.15, 0.2) is 0 Å². The molecule has 0 aliphatic heterocycles. The Morgan fingerprint density at radius 2 is 1.85 bits per heavy atom. The van der Waals surface area contributed by atoms with Gasteiger partial charge in [-0.2, -0.15) is 12.7 Å². The normalized spacial score (nSPS) is 11.8. The topological polar surface area (TPSA) is 114 Å². The van der Waals surface area contributed by atoms with E-state index in [0.29, 0.717) is 32.4 Å². The van der Waals surface area contributed by atoms with Crippen molar-refractivity contribution in [2.24, 2.45) is 5.73 Å². The maximum Gasteiger partial charge on any atom is 0.303 e. The number of aryl methyl sites for hydroxylation is 2. The lowest BCUT2D eigenvalue weighted by atomic mass is 10.2. The second kappa shape index (κ2) is 7.46. The van der Waals surface area contributed by atoms with Gasteiger partial charge in [0.25, 0.3) is 5.95 Å². The molecule has 3 N–H and O–H groups in total. The van der Waals surface area contributed by atoms with Crippen LogP contribution in [0.1, 0.15) is 31.7 Å². The van der Waals surface area contributed by atoms with E-state index in [1.807, 2.05) is 13.8 Å². The van der Waals surface area contributed by atoms with Crippen molar-refractivity contribution in [1.29, 1.82) is 0 Å². The highest BCUT2D eigenvalue weighted by Crippen LogP contribution is 2.09. The van der Waals surface area contributed by atoms with Crippen molar-refractivity contribution in [2.75, 3.05) is 24.9 Å². The van der Waals surface area contributed by atoms with Gasteiger partial charge in [0, 0.05) is 13.6 Å². The molecule has 1 rings (SSSR count). The number of rotatable bonds is 8. The number of anilines is 1. The summed E-state index contributed by atoms with van der Waals surface area (Å²) in [7, 11) is -2.19. The standard InChI is InChI=1S/C11H22N6O2S/c1-4-9-10(5-2)14-15-11(13-9)16-20(18,19)17(3)8-6-7-12/h4-8,12H2,1-3H3,(H,13,15,16). The molecule has 1 aromatic heterocycles. The minimum absolute atomic E-state index is 0.00125. The molecule has 1 aromatic rings. The highest BCUT2D eigenvalue weighted by molar-refractivity contribution is 7.90. The van der Waals surface area contributed by atoms with Crippen LogP contribution in [0.25, 0.3) is 0 Å². The summed E-state index contributed by atoms with van der Waals surface area (Å²) in [5.74, 6) is -0.00125. The zero-order chi connectivity index (χ0) is 15.2. The number of nitrogens with zero attached hydrogens (tertiary/aromatic N) is 4. The van der Waals surface area contributed by atoms with Crippen LogP contribution in [0.5, 0.6) is 0 Å². The summed E-state index contributed by atoms with van der Waals surface area (Å²) in [6.07, 6.45) is 1.98. The van der Waals surface area contributed by atoms with E-state index < -0.39 is 10.2 Å². The molecule has 1 heterocycles. The van der Waals surface area contributed by atoms with Gasteiger partial charge in [-0.1, -0.05) is 13.8 Å². The van der Waals surface area contributed by atoms with E-state index in [-0.39, 0.29) is 5.95 Å². The third-order valence-corrected chi connectivity index (χ3v) is 4.26. The van der Waals surface area contributed by atoms with Crippen molar-refractivity contribution in [2.45, 2.75) is 33.1 Å². The quantitative estimate of drug-likeness (QED) is 0.695. The zero-order valence-electron chi connectivity index (χ0n) is 12.1. The van der Waals surface area contributed by atoms with Crippen molar-refractivity contribution in [3.63, 3.8) is 0 Å². The van der Waals surface area contributed by atoms with E-state index in [1.54, 1.807) is 0 Å². The van der Waals surface area contributed by atoms with Crippen LogP contribution in [0.2, 0.25) is 0 Å². The molecule has 0 radical (unpaired) electrons. The van der Waals surface area contributed by atoms with Crippen molar-refractivity contribution in [3.05, 3.63) is 11.4 Å². The number of nitrogens with two attached hydrogens (primary N) is 1. The van der Waals surface area contributed by atoms with E-state index in [1.165, 1.54) is 11.4 Å². The van der Waals surface area contributed by atoms with Gasteiger partial charge in [-0.25, -0.2) is 9.71 Å². The zero-order valence-corrected chi connectivity index (χ0v) is 12.9. The molecule has 0 saturated carbocycles. The van der Waals surface area contributed by atoms with Gasteiger partial charge in [0.2, 0.25) is 0 Å². The maximum absolute atomic E-state index is 12.0. The Bertz CT molecular complexity index is 534. The fourth-order valence-corrected chi connectivity index (χ4v) is 2.45. The summed E-state index contributed by atoms with van der Waals surface area (Å²) < 4.78 is 27.6. The molecule has 0 amide bonds. The summed E-state index contributed by atoms with van der Waals surface area (Å²) in [5.41, 5.74) is 6.90. The monoisotopic (exact) mass is 302 g/mol. The van der Waals surface area contributed by atoms with Crippen LogP contribution in [-0.2, 0) is 23.1 Å². The Morgan fingerprint density at radius 3 is 2.40 bits per heavy atom. The number of hydrogen-bond acceptors (Lipinski definition) is 6. The number of aromatic nitrogens is 3. The van der Waals surface area contributed by atoms with Crippen LogP contribution >= 0.6 is 0 Å². The van der Waals surface area contributed by atoms with Crippen molar-refractivity contribution < 1.29 is 8.42 Å². The number of hydrogen-bond donors (Lipinski definition) is 2.